The molecule has 0 atom stereocenters. The summed E-state index contributed by atoms with van der Waals surface area (Å²) in [5.41, 5.74) is 0.391. The van der Waals surface area contributed by atoms with Gasteiger partial charge in [0.15, 0.2) is 0 Å². The molecule has 0 amide bonds. The number of esters is 1. The Bertz CT molecular complexity index is 384. The van der Waals surface area contributed by atoms with Crippen molar-refractivity contribution < 1.29 is 9.53 Å². The third kappa shape index (κ3) is 2.72. The molecule has 0 unspecified atom stereocenters. The summed E-state index contributed by atoms with van der Waals surface area (Å²) in [7, 11) is 0. The van der Waals surface area contributed by atoms with Gasteiger partial charge in [0.2, 0.25) is 0 Å². The number of nitrogens with zero attached hydrogens (tertiary/aromatic N) is 1. The maximum absolute atomic E-state index is 12.3. The summed E-state index contributed by atoms with van der Waals surface area (Å²) in [6.07, 6.45) is 6.62. The Kier molecular flexibility index (Phi) is 4.28. The highest BCUT2D eigenvalue weighted by molar-refractivity contribution is 5.76. The van der Waals surface area contributed by atoms with Gasteiger partial charge in [0.05, 0.1) is 12.0 Å². The van der Waals surface area contributed by atoms with E-state index in [2.05, 4.69) is 17.1 Å². The molecule has 0 bridgehead atoms. The predicted molar refractivity (Wildman–Crippen MR) is 83.1 cm³/mol. The van der Waals surface area contributed by atoms with Crippen molar-refractivity contribution in [3.63, 3.8) is 0 Å². The van der Waals surface area contributed by atoms with Crippen molar-refractivity contribution in [3.8, 4) is 0 Å². The van der Waals surface area contributed by atoms with Crippen molar-refractivity contribution in [1.82, 2.24) is 10.2 Å². The number of nitrogens with one attached hydrogen (secondary N) is 1. The van der Waals surface area contributed by atoms with Crippen molar-refractivity contribution >= 4 is 5.97 Å². The Morgan fingerprint density at radius 1 is 1.24 bits per heavy atom. The van der Waals surface area contributed by atoms with E-state index < -0.39 is 0 Å². The van der Waals surface area contributed by atoms with Crippen molar-refractivity contribution in [3.05, 3.63) is 0 Å². The smallest absolute Gasteiger partial charge is 0.312 e. The van der Waals surface area contributed by atoms with Crippen molar-refractivity contribution in [2.24, 2.45) is 10.8 Å². The Hall–Kier alpha value is -0.610. The van der Waals surface area contributed by atoms with Gasteiger partial charge in [0, 0.05) is 31.1 Å². The molecule has 1 N–H and O–H groups in total. The maximum atomic E-state index is 12.3. The van der Waals surface area contributed by atoms with Gasteiger partial charge >= 0.3 is 5.97 Å². The molecule has 0 aromatic heterocycles. The quantitative estimate of drug-likeness (QED) is 0.807. The van der Waals surface area contributed by atoms with Crippen LogP contribution in [0.4, 0.5) is 0 Å². The largest absolute Gasteiger partial charge is 0.466 e. The van der Waals surface area contributed by atoms with E-state index in [1.807, 2.05) is 6.92 Å². The zero-order valence-corrected chi connectivity index (χ0v) is 13.6. The fourth-order valence-electron chi connectivity index (χ4n) is 4.56. The molecule has 0 radical (unpaired) electrons. The van der Waals surface area contributed by atoms with E-state index in [1.54, 1.807) is 0 Å². The lowest BCUT2D eigenvalue weighted by Gasteiger charge is -2.43. The van der Waals surface area contributed by atoms with Crippen LogP contribution in [0.2, 0.25) is 0 Å². The Morgan fingerprint density at radius 2 is 1.95 bits per heavy atom. The molecular formula is C17H30N2O2. The van der Waals surface area contributed by atoms with Crippen LogP contribution < -0.4 is 5.32 Å². The number of carbonyl (C=O) groups excluding carboxylic acids is 1. The molecular weight excluding hydrogens is 264 g/mol. The summed E-state index contributed by atoms with van der Waals surface area (Å²) in [5, 5.41) is 3.43. The first-order valence-electron chi connectivity index (χ1n) is 8.75. The molecule has 21 heavy (non-hydrogen) atoms. The van der Waals surface area contributed by atoms with Gasteiger partial charge in [0.1, 0.15) is 0 Å². The fourth-order valence-corrected chi connectivity index (χ4v) is 4.56. The normalized spacial score (nSPS) is 35.6. The maximum Gasteiger partial charge on any atom is 0.312 e. The van der Waals surface area contributed by atoms with Crippen molar-refractivity contribution in [1.29, 1.82) is 0 Å². The Balaban J connectivity index is 1.56. The number of rotatable bonds is 4. The summed E-state index contributed by atoms with van der Waals surface area (Å²) in [6.45, 7) is 9.49. The van der Waals surface area contributed by atoms with Crippen LogP contribution in [0.1, 0.15) is 52.4 Å². The molecule has 2 aliphatic heterocycles. The molecule has 1 aliphatic carbocycles. The Morgan fingerprint density at radius 3 is 2.43 bits per heavy atom. The minimum Gasteiger partial charge on any atom is -0.466 e. The highest BCUT2D eigenvalue weighted by atomic mass is 16.5. The summed E-state index contributed by atoms with van der Waals surface area (Å²) >= 11 is 0. The number of ether oxygens (including phenoxy) is 1. The van der Waals surface area contributed by atoms with Crippen LogP contribution in [0.3, 0.4) is 0 Å². The highest BCUT2D eigenvalue weighted by Gasteiger charge is 2.47. The van der Waals surface area contributed by atoms with Crippen LogP contribution in [0.5, 0.6) is 0 Å². The molecule has 2 saturated heterocycles. The van der Waals surface area contributed by atoms with E-state index in [4.69, 9.17) is 4.74 Å². The second-order valence-corrected chi connectivity index (χ2v) is 7.41. The standard InChI is InChI=1S/C17H30N2O2/c1-3-17(15(20)21-4-2)7-5-14(6-8-17)19-10-9-16(13-19)11-18-12-16/h14,18H,3-13H2,1-2H3. The molecule has 4 heteroatoms. The van der Waals surface area contributed by atoms with Gasteiger partial charge in [-0.05, 0) is 52.0 Å². The van der Waals surface area contributed by atoms with E-state index in [-0.39, 0.29) is 11.4 Å². The molecule has 2 heterocycles. The molecule has 3 rings (SSSR count). The molecule has 0 aromatic carbocycles. The molecule has 1 saturated carbocycles. The first-order chi connectivity index (χ1) is 10.1. The second-order valence-electron chi connectivity index (χ2n) is 7.41. The number of carbonyl (C=O) groups is 1. The summed E-state index contributed by atoms with van der Waals surface area (Å²) in [4.78, 5) is 15.0. The van der Waals surface area contributed by atoms with Gasteiger partial charge in [-0.3, -0.25) is 9.69 Å². The first kappa shape index (κ1) is 15.3. The lowest BCUT2D eigenvalue weighted by atomic mass is 9.70. The average Bonchev–Trinajstić information content (AvgIpc) is 2.93. The van der Waals surface area contributed by atoms with Crippen LogP contribution in [-0.4, -0.2) is 49.7 Å². The molecule has 120 valence electrons. The third-order valence-corrected chi connectivity index (χ3v) is 6.28. The lowest BCUT2D eigenvalue weighted by molar-refractivity contribution is -0.158. The third-order valence-electron chi connectivity index (χ3n) is 6.28. The summed E-state index contributed by atoms with van der Waals surface area (Å²) in [5.74, 6) is 0.0482. The molecule has 0 aromatic rings. The number of hydrogen-bond donors (Lipinski definition) is 1. The average molecular weight is 294 g/mol. The van der Waals surface area contributed by atoms with E-state index in [9.17, 15) is 4.79 Å². The minimum atomic E-state index is -0.193. The van der Waals surface area contributed by atoms with Gasteiger partial charge in [-0.15, -0.1) is 0 Å². The van der Waals surface area contributed by atoms with Crippen LogP contribution in [0.15, 0.2) is 0 Å². The molecule has 3 aliphatic rings. The van der Waals surface area contributed by atoms with E-state index in [0.29, 0.717) is 18.1 Å². The molecule has 3 fully saturated rings. The fraction of sp³-hybridized carbons (Fsp3) is 0.941. The zero-order valence-electron chi connectivity index (χ0n) is 13.6. The first-order valence-corrected chi connectivity index (χ1v) is 8.75. The predicted octanol–water partition coefficient (Wildman–Crippen LogP) is 2.18. The Labute approximate surface area is 128 Å². The topological polar surface area (TPSA) is 41.6 Å². The van der Waals surface area contributed by atoms with Gasteiger partial charge in [0.25, 0.3) is 0 Å². The minimum absolute atomic E-state index is 0.0482. The van der Waals surface area contributed by atoms with Crippen LogP contribution in [0, 0.1) is 10.8 Å². The van der Waals surface area contributed by atoms with Crippen LogP contribution >= 0.6 is 0 Å². The summed E-state index contributed by atoms with van der Waals surface area (Å²) < 4.78 is 5.34. The van der Waals surface area contributed by atoms with Gasteiger partial charge in [-0.1, -0.05) is 6.92 Å². The highest BCUT2D eigenvalue weighted by Crippen LogP contribution is 2.44. The lowest BCUT2D eigenvalue weighted by Crippen LogP contribution is -2.55. The summed E-state index contributed by atoms with van der Waals surface area (Å²) in [6, 6.07) is 0.694. The van der Waals surface area contributed by atoms with Gasteiger partial charge < -0.3 is 10.1 Å². The molecule has 1 spiro atoms. The second kappa shape index (κ2) is 5.88. The van der Waals surface area contributed by atoms with E-state index >= 15 is 0 Å². The molecule has 4 nitrogen and oxygen atoms in total. The number of likely N-dealkylation sites (tertiary alicyclic amines) is 1. The van der Waals surface area contributed by atoms with Gasteiger partial charge in [-0.2, -0.15) is 0 Å². The SMILES string of the molecule is CCOC(=O)C1(CC)CCC(N2CCC3(CNC3)C2)CC1. The van der Waals surface area contributed by atoms with Gasteiger partial charge in [-0.25, -0.2) is 0 Å². The monoisotopic (exact) mass is 294 g/mol. The zero-order chi connectivity index (χ0) is 14.9. The number of hydrogen-bond acceptors (Lipinski definition) is 4. The van der Waals surface area contributed by atoms with Crippen LogP contribution in [0.25, 0.3) is 0 Å². The van der Waals surface area contributed by atoms with Crippen LogP contribution in [-0.2, 0) is 9.53 Å². The van der Waals surface area contributed by atoms with E-state index in [0.717, 1.165) is 32.1 Å². The van der Waals surface area contributed by atoms with E-state index in [1.165, 1.54) is 32.6 Å². The van der Waals surface area contributed by atoms with Crippen molar-refractivity contribution in [2.45, 2.75) is 58.4 Å². The van der Waals surface area contributed by atoms with Crippen molar-refractivity contribution in [2.75, 3.05) is 32.8 Å².